The Morgan fingerprint density at radius 3 is 2.73 bits per heavy atom. The van der Waals surface area contributed by atoms with E-state index in [4.69, 9.17) is 4.42 Å². The summed E-state index contributed by atoms with van der Waals surface area (Å²) in [6.07, 6.45) is 5.56. The molecule has 4 heteroatoms. The minimum atomic E-state index is -0.122. The number of rotatable bonds is 2. The van der Waals surface area contributed by atoms with E-state index in [1.54, 1.807) is 6.07 Å². The Kier molecular flexibility index (Phi) is 2.85. The normalized spacial score (nSPS) is 17.7. The molecule has 0 radical (unpaired) electrons. The van der Waals surface area contributed by atoms with Crippen molar-refractivity contribution in [3.8, 4) is 0 Å². The predicted octanol–water partition coefficient (Wildman–Crippen LogP) is 1.52. The van der Waals surface area contributed by atoms with Crippen molar-refractivity contribution in [2.45, 2.75) is 31.7 Å². The van der Waals surface area contributed by atoms with Crippen LogP contribution in [0.2, 0.25) is 0 Å². The second-order valence-corrected chi connectivity index (χ2v) is 3.80. The Hall–Kier alpha value is -1.58. The van der Waals surface area contributed by atoms with Gasteiger partial charge in [0.05, 0.1) is 11.8 Å². The van der Waals surface area contributed by atoms with Crippen molar-refractivity contribution in [2.24, 2.45) is 0 Å². The highest BCUT2D eigenvalue weighted by atomic mass is 16.3. The minimum absolute atomic E-state index is 0.122. The molecule has 1 aromatic rings. The smallest absolute Gasteiger partial charge is 0.254 e. The highest BCUT2D eigenvalue weighted by Gasteiger charge is 2.20. The van der Waals surface area contributed by atoms with Gasteiger partial charge in [0, 0.05) is 18.9 Å². The highest BCUT2D eigenvalue weighted by molar-refractivity contribution is 5.94. The van der Waals surface area contributed by atoms with E-state index >= 15 is 0 Å². The van der Waals surface area contributed by atoms with Crippen LogP contribution >= 0.6 is 0 Å². The van der Waals surface area contributed by atoms with Crippen molar-refractivity contribution in [1.29, 1.82) is 0 Å². The van der Waals surface area contributed by atoms with E-state index in [1.165, 1.54) is 12.5 Å². The largest absolute Gasteiger partial charge is 0.472 e. The molecular weight excluding hydrogens is 194 g/mol. The molecule has 15 heavy (non-hydrogen) atoms. The van der Waals surface area contributed by atoms with Crippen LogP contribution in [0.3, 0.4) is 0 Å². The SMILES string of the molecule is O=C1CCC(NC(=O)c2ccoc2)CC1. The molecule has 2 rings (SSSR count). The zero-order valence-electron chi connectivity index (χ0n) is 8.36. The number of carbonyl (C=O) groups is 2. The molecule has 1 saturated carbocycles. The van der Waals surface area contributed by atoms with Gasteiger partial charge in [-0.1, -0.05) is 0 Å². The van der Waals surface area contributed by atoms with Gasteiger partial charge >= 0.3 is 0 Å². The van der Waals surface area contributed by atoms with Gasteiger partial charge in [-0.25, -0.2) is 0 Å². The number of furan rings is 1. The molecule has 1 amide bonds. The van der Waals surface area contributed by atoms with Crippen LogP contribution in [0.4, 0.5) is 0 Å². The van der Waals surface area contributed by atoms with Gasteiger partial charge < -0.3 is 9.73 Å². The molecule has 0 aromatic carbocycles. The molecule has 1 fully saturated rings. The summed E-state index contributed by atoms with van der Waals surface area (Å²) in [5.41, 5.74) is 0.534. The van der Waals surface area contributed by atoms with Crippen molar-refractivity contribution >= 4 is 11.7 Å². The lowest BCUT2D eigenvalue weighted by Crippen LogP contribution is -2.37. The number of Topliss-reactive ketones (excluding diaryl/α,β-unsaturated/α-hetero) is 1. The summed E-state index contributed by atoms with van der Waals surface area (Å²) in [5.74, 6) is 0.173. The Bertz CT molecular complexity index is 346. The lowest BCUT2D eigenvalue weighted by atomic mass is 9.94. The van der Waals surface area contributed by atoms with E-state index in [0.29, 0.717) is 24.2 Å². The summed E-state index contributed by atoms with van der Waals surface area (Å²) in [5, 5.41) is 2.89. The molecule has 0 saturated heterocycles. The molecular formula is C11H13NO3. The zero-order valence-corrected chi connectivity index (χ0v) is 8.36. The first-order chi connectivity index (χ1) is 7.25. The van der Waals surface area contributed by atoms with E-state index in [-0.39, 0.29) is 11.9 Å². The molecule has 1 aliphatic carbocycles. The van der Waals surface area contributed by atoms with Gasteiger partial charge in [0.1, 0.15) is 12.0 Å². The molecule has 1 N–H and O–H groups in total. The lowest BCUT2D eigenvalue weighted by molar-refractivity contribution is -0.120. The van der Waals surface area contributed by atoms with E-state index in [9.17, 15) is 9.59 Å². The zero-order chi connectivity index (χ0) is 10.7. The topological polar surface area (TPSA) is 59.3 Å². The molecule has 1 aromatic heterocycles. The van der Waals surface area contributed by atoms with Crippen LogP contribution in [0, 0.1) is 0 Å². The Morgan fingerprint density at radius 2 is 2.13 bits per heavy atom. The average Bonchev–Trinajstić information content (AvgIpc) is 2.74. The Morgan fingerprint density at radius 1 is 1.40 bits per heavy atom. The number of hydrogen-bond acceptors (Lipinski definition) is 3. The summed E-state index contributed by atoms with van der Waals surface area (Å²) < 4.78 is 4.83. The molecule has 4 nitrogen and oxygen atoms in total. The number of carbonyl (C=O) groups excluding carboxylic acids is 2. The number of amides is 1. The van der Waals surface area contributed by atoms with Crippen LogP contribution in [0.5, 0.6) is 0 Å². The van der Waals surface area contributed by atoms with Crippen LogP contribution in [0.15, 0.2) is 23.0 Å². The average molecular weight is 207 g/mol. The third-order valence-electron chi connectivity index (χ3n) is 2.66. The van der Waals surface area contributed by atoms with E-state index in [2.05, 4.69) is 5.32 Å². The fourth-order valence-corrected chi connectivity index (χ4v) is 1.75. The molecule has 0 unspecified atom stereocenters. The third-order valence-corrected chi connectivity index (χ3v) is 2.66. The number of ketones is 1. The molecule has 0 bridgehead atoms. The lowest BCUT2D eigenvalue weighted by Gasteiger charge is -2.21. The maximum atomic E-state index is 11.6. The van der Waals surface area contributed by atoms with Gasteiger partial charge in [-0.2, -0.15) is 0 Å². The van der Waals surface area contributed by atoms with Gasteiger partial charge in [0.25, 0.3) is 5.91 Å². The van der Waals surface area contributed by atoms with Crippen LogP contribution in [0.25, 0.3) is 0 Å². The number of nitrogens with one attached hydrogen (secondary N) is 1. The van der Waals surface area contributed by atoms with Gasteiger partial charge in [0.2, 0.25) is 0 Å². The second kappa shape index (κ2) is 4.29. The van der Waals surface area contributed by atoms with Crippen LogP contribution in [-0.2, 0) is 4.79 Å². The van der Waals surface area contributed by atoms with Gasteiger partial charge in [0.15, 0.2) is 0 Å². The molecule has 1 aliphatic rings. The van der Waals surface area contributed by atoms with Crippen LogP contribution in [0.1, 0.15) is 36.0 Å². The Labute approximate surface area is 87.6 Å². The van der Waals surface area contributed by atoms with Crippen molar-refractivity contribution in [1.82, 2.24) is 5.32 Å². The highest BCUT2D eigenvalue weighted by Crippen LogP contribution is 2.15. The van der Waals surface area contributed by atoms with Gasteiger partial charge in [-0.15, -0.1) is 0 Å². The summed E-state index contributed by atoms with van der Waals surface area (Å²) in [6, 6.07) is 1.76. The molecule has 0 aliphatic heterocycles. The maximum absolute atomic E-state index is 11.6. The molecule has 80 valence electrons. The fourth-order valence-electron chi connectivity index (χ4n) is 1.75. The van der Waals surface area contributed by atoms with Crippen molar-refractivity contribution in [3.63, 3.8) is 0 Å². The fraction of sp³-hybridized carbons (Fsp3) is 0.455. The van der Waals surface area contributed by atoms with Crippen LogP contribution in [-0.4, -0.2) is 17.7 Å². The summed E-state index contributed by atoms with van der Waals surface area (Å²) in [4.78, 5) is 22.6. The quantitative estimate of drug-likeness (QED) is 0.799. The summed E-state index contributed by atoms with van der Waals surface area (Å²) in [7, 11) is 0. The number of hydrogen-bond donors (Lipinski definition) is 1. The van der Waals surface area contributed by atoms with Gasteiger partial charge in [-0.3, -0.25) is 9.59 Å². The predicted molar refractivity (Wildman–Crippen MR) is 53.4 cm³/mol. The first-order valence-corrected chi connectivity index (χ1v) is 5.10. The minimum Gasteiger partial charge on any atom is -0.472 e. The third kappa shape index (κ3) is 2.46. The molecule has 0 spiro atoms. The summed E-state index contributed by atoms with van der Waals surface area (Å²) in [6.45, 7) is 0. The van der Waals surface area contributed by atoms with E-state index in [0.717, 1.165) is 12.8 Å². The monoisotopic (exact) mass is 207 g/mol. The molecule has 1 heterocycles. The van der Waals surface area contributed by atoms with E-state index in [1.807, 2.05) is 0 Å². The van der Waals surface area contributed by atoms with Crippen molar-refractivity contribution in [3.05, 3.63) is 24.2 Å². The van der Waals surface area contributed by atoms with Crippen molar-refractivity contribution < 1.29 is 14.0 Å². The standard InChI is InChI=1S/C11H13NO3/c13-10-3-1-9(2-4-10)12-11(14)8-5-6-15-7-8/h5-7,9H,1-4H2,(H,12,14). The second-order valence-electron chi connectivity index (χ2n) is 3.80. The van der Waals surface area contributed by atoms with Gasteiger partial charge in [-0.05, 0) is 18.9 Å². The Balaban J connectivity index is 1.87. The van der Waals surface area contributed by atoms with E-state index < -0.39 is 0 Å². The maximum Gasteiger partial charge on any atom is 0.254 e. The van der Waals surface area contributed by atoms with Crippen molar-refractivity contribution in [2.75, 3.05) is 0 Å². The summed E-state index contributed by atoms with van der Waals surface area (Å²) >= 11 is 0. The first-order valence-electron chi connectivity index (χ1n) is 5.10. The molecule has 0 atom stereocenters. The first kappa shape index (κ1) is 9.96. The van der Waals surface area contributed by atoms with Crippen LogP contribution < -0.4 is 5.32 Å².